The minimum Gasteiger partial charge on any atom is -0.493 e. The van der Waals surface area contributed by atoms with Crippen molar-refractivity contribution in [1.82, 2.24) is 0 Å². The highest BCUT2D eigenvalue weighted by atomic mass is 79.9. The van der Waals surface area contributed by atoms with Gasteiger partial charge in [0.1, 0.15) is 5.82 Å². The molecule has 0 aromatic heterocycles. The number of aryl methyl sites for hydroxylation is 1. The molecule has 110 valence electrons. The Bertz CT molecular complexity index is 706. The van der Waals surface area contributed by atoms with Crippen molar-refractivity contribution in [3.8, 4) is 5.75 Å². The molecule has 0 heterocycles. The number of amides is 1. The number of rotatable bonds is 3. The SMILES string of the molecule is COc1c(Br)cc(Cl)cc1NC(=O)c1cccc(C)c1F. The summed E-state index contributed by atoms with van der Waals surface area (Å²) in [7, 11) is 1.47. The molecule has 2 aromatic rings. The molecule has 6 heteroatoms. The molecule has 0 atom stereocenters. The molecule has 0 bridgehead atoms. The summed E-state index contributed by atoms with van der Waals surface area (Å²) in [6, 6.07) is 7.82. The van der Waals surface area contributed by atoms with E-state index in [0.29, 0.717) is 26.5 Å². The number of carbonyl (C=O) groups is 1. The number of ether oxygens (including phenoxy) is 1. The number of carbonyl (C=O) groups excluding carboxylic acids is 1. The number of hydrogen-bond acceptors (Lipinski definition) is 2. The van der Waals surface area contributed by atoms with Crippen LogP contribution in [0.2, 0.25) is 5.02 Å². The first kappa shape index (κ1) is 15.8. The van der Waals surface area contributed by atoms with E-state index in [1.54, 1.807) is 25.1 Å². The lowest BCUT2D eigenvalue weighted by atomic mass is 10.1. The third kappa shape index (κ3) is 3.36. The maximum absolute atomic E-state index is 14.0. The molecule has 0 fully saturated rings. The van der Waals surface area contributed by atoms with E-state index >= 15 is 0 Å². The van der Waals surface area contributed by atoms with Gasteiger partial charge in [-0.1, -0.05) is 23.7 Å². The van der Waals surface area contributed by atoms with Crippen LogP contribution in [0.1, 0.15) is 15.9 Å². The fourth-order valence-electron chi connectivity index (χ4n) is 1.87. The molecule has 0 aliphatic rings. The fourth-order valence-corrected chi connectivity index (χ4v) is 2.85. The fraction of sp³-hybridized carbons (Fsp3) is 0.133. The molecule has 0 aliphatic carbocycles. The number of hydrogen-bond donors (Lipinski definition) is 1. The van der Waals surface area contributed by atoms with Crippen molar-refractivity contribution < 1.29 is 13.9 Å². The lowest BCUT2D eigenvalue weighted by Gasteiger charge is -2.13. The van der Waals surface area contributed by atoms with Crippen LogP contribution >= 0.6 is 27.5 Å². The van der Waals surface area contributed by atoms with Crippen molar-refractivity contribution in [3.05, 3.63) is 56.8 Å². The van der Waals surface area contributed by atoms with E-state index in [0.717, 1.165) is 0 Å². The van der Waals surface area contributed by atoms with Crippen LogP contribution in [0.4, 0.5) is 10.1 Å². The first-order valence-electron chi connectivity index (χ1n) is 6.03. The summed E-state index contributed by atoms with van der Waals surface area (Å²) in [6.07, 6.45) is 0. The highest BCUT2D eigenvalue weighted by Crippen LogP contribution is 2.36. The van der Waals surface area contributed by atoms with E-state index in [4.69, 9.17) is 16.3 Å². The third-order valence-electron chi connectivity index (χ3n) is 2.90. The maximum Gasteiger partial charge on any atom is 0.258 e. The second kappa shape index (κ2) is 6.45. The van der Waals surface area contributed by atoms with Crippen LogP contribution in [0.5, 0.6) is 5.75 Å². The normalized spacial score (nSPS) is 10.3. The number of anilines is 1. The Balaban J connectivity index is 2.38. The number of methoxy groups -OCH3 is 1. The van der Waals surface area contributed by atoms with Gasteiger partial charge in [0, 0.05) is 5.02 Å². The molecule has 2 rings (SSSR count). The van der Waals surface area contributed by atoms with Gasteiger partial charge in [0.15, 0.2) is 5.75 Å². The Kier molecular flexibility index (Phi) is 4.85. The zero-order valence-electron chi connectivity index (χ0n) is 11.3. The minimum atomic E-state index is -0.566. The van der Waals surface area contributed by atoms with Crippen LogP contribution in [0.3, 0.4) is 0 Å². The lowest BCUT2D eigenvalue weighted by molar-refractivity contribution is 0.102. The zero-order chi connectivity index (χ0) is 15.6. The van der Waals surface area contributed by atoms with Gasteiger partial charge in [-0.25, -0.2) is 4.39 Å². The molecule has 21 heavy (non-hydrogen) atoms. The van der Waals surface area contributed by atoms with E-state index in [2.05, 4.69) is 21.2 Å². The van der Waals surface area contributed by atoms with Gasteiger partial charge in [0.2, 0.25) is 0 Å². The van der Waals surface area contributed by atoms with Crippen molar-refractivity contribution in [3.63, 3.8) is 0 Å². The predicted molar refractivity (Wildman–Crippen MR) is 84.8 cm³/mol. The van der Waals surface area contributed by atoms with Crippen LogP contribution < -0.4 is 10.1 Å². The van der Waals surface area contributed by atoms with Crippen molar-refractivity contribution >= 4 is 39.1 Å². The van der Waals surface area contributed by atoms with E-state index in [9.17, 15) is 9.18 Å². The quantitative estimate of drug-likeness (QED) is 0.839. The molecular weight excluding hydrogens is 361 g/mol. The molecule has 1 N–H and O–H groups in total. The Hall–Kier alpha value is -1.59. The van der Waals surface area contributed by atoms with E-state index in [-0.39, 0.29) is 5.56 Å². The Morgan fingerprint density at radius 1 is 1.38 bits per heavy atom. The molecule has 0 saturated heterocycles. The maximum atomic E-state index is 14.0. The zero-order valence-corrected chi connectivity index (χ0v) is 13.7. The van der Waals surface area contributed by atoms with E-state index in [1.165, 1.54) is 19.2 Å². The van der Waals surface area contributed by atoms with E-state index < -0.39 is 11.7 Å². The summed E-state index contributed by atoms with van der Waals surface area (Å²) in [4.78, 5) is 12.2. The molecule has 0 unspecified atom stereocenters. The van der Waals surface area contributed by atoms with Crippen LogP contribution in [0, 0.1) is 12.7 Å². The highest BCUT2D eigenvalue weighted by molar-refractivity contribution is 9.10. The molecule has 0 aliphatic heterocycles. The van der Waals surface area contributed by atoms with Gasteiger partial charge in [-0.2, -0.15) is 0 Å². The summed E-state index contributed by atoms with van der Waals surface area (Å²) in [5.74, 6) is -0.695. The number of benzene rings is 2. The van der Waals surface area contributed by atoms with Crippen LogP contribution in [-0.4, -0.2) is 13.0 Å². The summed E-state index contributed by atoms with van der Waals surface area (Å²) >= 11 is 9.25. The molecule has 2 aromatic carbocycles. The van der Waals surface area contributed by atoms with Crippen molar-refractivity contribution in [2.75, 3.05) is 12.4 Å². The Morgan fingerprint density at radius 3 is 2.76 bits per heavy atom. The second-order valence-electron chi connectivity index (χ2n) is 4.36. The van der Waals surface area contributed by atoms with Crippen LogP contribution in [0.25, 0.3) is 0 Å². The molecule has 1 amide bonds. The summed E-state index contributed by atoms with van der Waals surface area (Å²) in [5, 5.41) is 3.03. The van der Waals surface area contributed by atoms with Crippen molar-refractivity contribution in [2.24, 2.45) is 0 Å². The average molecular weight is 373 g/mol. The van der Waals surface area contributed by atoms with Gasteiger partial charge in [0.25, 0.3) is 5.91 Å². The largest absolute Gasteiger partial charge is 0.493 e. The van der Waals surface area contributed by atoms with Crippen molar-refractivity contribution in [2.45, 2.75) is 6.92 Å². The molecule has 0 spiro atoms. The molecular formula is C15H12BrClFNO2. The first-order valence-corrected chi connectivity index (χ1v) is 7.20. The molecule has 3 nitrogen and oxygen atoms in total. The lowest BCUT2D eigenvalue weighted by Crippen LogP contribution is -2.15. The topological polar surface area (TPSA) is 38.3 Å². The van der Waals surface area contributed by atoms with Crippen LogP contribution in [-0.2, 0) is 0 Å². The van der Waals surface area contributed by atoms with Gasteiger partial charge >= 0.3 is 0 Å². The van der Waals surface area contributed by atoms with Crippen molar-refractivity contribution in [1.29, 1.82) is 0 Å². The smallest absolute Gasteiger partial charge is 0.258 e. The van der Waals surface area contributed by atoms with E-state index in [1.807, 2.05) is 0 Å². The Labute approximate surface area is 135 Å². The first-order chi connectivity index (χ1) is 9.93. The third-order valence-corrected chi connectivity index (χ3v) is 3.70. The molecule has 0 radical (unpaired) electrons. The summed E-state index contributed by atoms with van der Waals surface area (Å²) in [5.41, 5.74) is 0.734. The van der Waals surface area contributed by atoms with Gasteiger partial charge in [0.05, 0.1) is 22.8 Å². The minimum absolute atomic E-state index is 0.0341. The summed E-state index contributed by atoms with van der Waals surface area (Å²) in [6.45, 7) is 1.60. The van der Waals surface area contributed by atoms with Gasteiger partial charge < -0.3 is 10.1 Å². The monoisotopic (exact) mass is 371 g/mol. The Morgan fingerprint density at radius 2 is 2.10 bits per heavy atom. The van der Waals surface area contributed by atoms with Gasteiger partial charge in [-0.05, 0) is 46.6 Å². The standard InChI is InChI=1S/C15H12BrClFNO2/c1-8-4-3-5-10(13(8)18)15(20)19-12-7-9(17)6-11(16)14(12)21-2/h3-7H,1-2H3,(H,19,20). The number of nitrogens with one attached hydrogen (secondary N) is 1. The summed E-state index contributed by atoms with van der Waals surface area (Å²) < 4.78 is 19.8. The molecule has 0 saturated carbocycles. The average Bonchev–Trinajstić information content (AvgIpc) is 2.41. The van der Waals surface area contributed by atoms with Crippen LogP contribution in [0.15, 0.2) is 34.8 Å². The second-order valence-corrected chi connectivity index (χ2v) is 5.65. The highest BCUT2D eigenvalue weighted by Gasteiger charge is 2.17. The van der Waals surface area contributed by atoms with Gasteiger partial charge in [-0.3, -0.25) is 4.79 Å². The van der Waals surface area contributed by atoms with Gasteiger partial charge in [-0.15, -0.1) is 0 Å². The predicted octanol–water partition coefficient (Wildman–Crippen LogP) is 4.81. The number of halogens is 3.